The number of hydrogen-bond acceptors (Lipinski definition) is 4. The van der Waals surface area contributed by atoms with Crippen molar-refractivity contribution in [2.75, 3.05) is 6.61 Å². The van der Waals surface area contributed by atoms with Gasteiger partial charge >= 0.3 is 11.9 Å². The molecule has 0 radical (unpaired) electrons. The molecule has 0 aromatic heterocycles. The van der Waals surface area contributed by atoms with E-state index in [4.69, 9.17) is 15.5 Å². The fraction of sp³-hybridized carbons (Fsp3) is 0.214. The first-order chi connectivity index (χ1) is 9.36. The summed E-state index contributed by atoms with van der Waals surface area (Å²) in [6.07, 6.45) is 0. The second kappa shape index (κ2) is 5.87. The van der Waals surface area contributed by atoms with Gasteiger partial charge in [-0.15, -0.1) is 0 Å². The van der Waals surface area contributed by atoms with Crippen molar-refractivity contribution in [1.82, 2.24) is 0 Å². The Morgan fingerprint density at radius 1 is 1.05 bits per heavy atom. The Balaban J connectivity index is 3.96. The molecule has 0 aliphatic carbocycles. The second-order valence-electron chi connectivity index (χ2n) is 3.93. The molecule has 6 heteroatoms. The summed E-state index contributed by atoms with van der Waals surface area (Å²) in [7, 11) is 0. The number of rotatable bonds is 2. The monoisotopic (exact) mass is 273 g/mol. The van der Waals surface area contributed by atoms with E-state index in [1.54, 1.807) is 0 Å². The van der Waals surface area contributed by atoms with Crippen molar-refractivity contribution in [3.05, 3.63) is 33.4 Å². The Labute approximate surface area is 114 Å². The first-order valence-corrected chi connectivity index (χ1v) is 5.50. The van der Waals surface area contributed by atoms with Crippen LogP contribution in [0.3, 0.4) is 0 Å². The molecule has 102 valence electrons. The smallest absolute Gasteiger partial charge is 0.336 e. The molecule has 0 aliphatic rings. The average molecular weight is 273 g/mol. The molecular weight excluding hydrogens is 262 g/mol. The van der Waals surface area contributed by atoms with Gasteiger partial charge in [-0.05, 0) is 25.0 Å². The van der Waals surface area contributed by atoms with Crippen molar-refractivity contribution in [2.24, 2.45) is 0 Å². The van der Waals surface area contributed by atoms with E-state index < -0.39 is 29.7 Å². The summed E-state index contributed by atoms with van der Waals surface area (Å²) in [5.41, 5.74) is -0.534. The van der Waals surface area contributed by atoms with E-state index in [0.717, 1.165) is 0 Å². The molecule has 1 aromatic carbocycles. The normalized spacial score (nSPS) is 9.30. The van der Waals surface area contributed by atoms with Crippen LogP contribution in [0.1, 0.15) is 43.0 Å². The van der Waals surface area contributed by atoms with Gasteiger partial charge in [0.2, 0.25) is 0 Å². The minimum absolute atomic E-state index is 0.00542. The Kier molecular flexibility index (Phi) is 4.47. The van der Waals surface area contributed by atoms with Crippen LogP contribution >= 0.6 is 0 Å². The van der Waals surface area contributed by atoms with Gasteiger partial charge in [-0.25, -0.2) is 9.59 Å². The summed E-state index contributed by atoms with van der Waals surface area (Å²) < 4.78 is 0. The second-order valence-corrected chi connectivity index (χ2v) is 3.93. The highest BCUT2D eigenvalue weighted by Gasteiger charge is 2.26. The fourth-order valence-corrected chi connectivity index (χ4v) is 1.96. The maximum Gasteiger partial charge on any atom is 0.336 e. The largest absolute Gasteiger partial charge is 0.478 e. The minimum Gasteiger partial charge on any atom is -0.478 e. The zero-order chi connectivity index (χ0) is 15.4. The van der Waals surface area contributed by atoms with Crippen LogP contribution < -0.4 is 0 Å². The summed E-state index contributed by atoms with van der Waals surface area (Å²) in [6, 6.07) is 1.83. The quantitative estimate of drug-likeness (QED) is 0.689. The lowest BCUT2D eigenvalue weighted by Crippen LogP contribution is -2.15. The molecule has 0 bridgehead atoms. The van der Waals surface area contributed by atoms with Crippen LogP contribution in [0.2, 0.25) is 0 Å². The lowest BCUT2D eigenvalue weighted by molar-refractivity contribution is 0.0650. The molecule has 0 saturated heterocycles. The predicted molar refractivity (Wildman–Crippen MR) is 68.5 cm³/mol. The van der Waals surface area contributed by atoms with Crippen LogP contribution in [0.15, 0.2) is 0 Å². The first kappa shape index (κ1) is 15.2. The van der Waals surface area contributed by atoms with E-state index in [1.807, 2.05) is 6.07 Å². The SMILES string of the molecule is Cc1c(C#N)c(C#CCO)c(C)c(C(=O)O)c1C(=O)O. The third-order valence-electron chi connectivity index (χ3n) is 2.83. The lowest BCUT2D eigenvalue weighted by Gasteiger charge is -2.13. The third kappa shape index (κ3) is 2.46. The van der Waals surface area contributed by atoms with Gasteiger partial charge in [-0.2, -0.15) is 5.26 Å². The highest BCUT2D eigenvalue weighted by Crippen LogP contribution is 2.27. The van der Waals surface area contributed by atoms with Crippen molar-refractivity contribution in [3.8, 4) is 17.9 Å². The average Bonchev–Trinajstić information content (AvgIpc) is 2.37. The molecule has 6 nitrogen and oxygen atoms in total. The zero-order valence-corrected chi connectivity index (χ0v) is 10.8. The van der Waals surface area contributed by atoms with Gasteiger partial charge in [0.1, 0.15) is 12.7 Å². The van der Waals surface area contributed by atoms with Crippen LogP contribution in [-0.2, 0) is 0 Å². The van der Waals surface area contributed by atoms with E-state index in [-0.39, 0.29) is 22.3 Å². The maximum absolute atomic E-state index is 11.3. The number of nitrogens with zero attached hydrogens (tertiary/aromatic N) is 1. The number of hydrogen-bond donors (Lipinski definition) is 3. The molecule has 0 aliphatic heterocycles. The van der Waals surface area contributed by atoms with Gasteiger partial charge in [0, 0.05) is 5.56 Å². The molecule has 0 saturated carbocycles. The summed E-state index contributed by atoms with van der Waals surface area (Å²) in [4.78, 5) is 22.5. The van der Waals surface area contributed by atoms with Gasteiger partial charge in [-0.1, -0.05) is 11.8 Å². The third-order valence-corrected chi connectivity index (χ3v) is 2.83. The summed E-state index contributed by atoms with van der Waals surface area (Å²) in [5.74, 6) is 2.02. The van der Waals surface area contributed by atoms with E-state index in [1.165, 1.54) is 13.8 Å². The predicted octanol–water partition coefficient (Wildman–Crippen LogP) is 0.915. The molecule has 1 rings (SSSR count). The fourth-order valence-electron chi connectivity index (χ4n) is 1.96. The van der Waals surface area contributed by atoms with E-state index in [9.17, 15) is 14.7 Å². The van der Waals surface area contributed by atoms with E-state index in [0.29, 0.717) is 0 Å². The van der Waals surface area contributed by atoms with E-state index >= 15 is 0 Å². The van der Waals surface area contributed by atoms with Crippen molar-refractivity contribution in [1.29, 1.82) is 5.26 Å². The van der Waals surface area contributed by atoms with Gasteiger partial charge in [-0.3, -0.25) is 0 Å². The molecule has 1 aromatic rings. The van der Waals surface area contributed by atoms with Crippen molar-refractivity contribution in [2.45, 2.75) is 13.8 Å². The molecular formula is C14H11NO5. The van der Waals surface area contributed by atoms with Crippen LogP contribution in [0.4, 0.5) is 0 Å². The molecule has 0 heterocycles. The van der Waals surface area contributed by atoms with Gasteiger partial charge < -0.3 is 15.3 Å². The summed E-state index contributed by atoms with van der Waals surface area (Å²) in [5, 5.41) is 36.2. The lowest BCUT2D eigenvalue weighted by atomic mass is 9.88. The summed E-state index contributed by atoms with van der Waals surface area (Å²) >= 11 is 0. The van der Waals surface area contributed by atoms with Gasteiger partial charge in [0.15, 0.2) is 0 Å². The molecule has 0 spiro atoms. The number of carboxylic acids is 2. The van der Waals surface area contributed by atoms with Crippen molar-refractivity contribution in [3.63, 3.8) is 0 Å². The van der Waals surface area contributed by atoms with Crippen LogP contribution in [0.25, 0.3) is 0 Å². The molecule has 0 atom stereocenters. The number of carboxylic acid groups (broad SMARTS) is 2. The Morgan fingerprint density at radius 3 is 1.85 bits per heavy atom. The molecule has 20 heavy (non-hydrogen) atoms. The van der Waals surface area contributed by atoms with Crippen LogP contribution in [0, 0.1) is 37.0 Å². The maximum atomic E-state index is 11.3. The number of nitriles is 1. The van der Waals surface area contributed by atoms with Crippen molar-refractivity contribution >= 4 is 11.9 Å². The standard InChI is InChI=1S/C14H11NO5/c1-7-9(4-3-5-16)10(6-15)8(2)12(14(19)20)11(7)13(17)18/h16H,5H2,1-2H3,(H,17,18)(H,19,20). The number of benzene rings is 1. The molecule has 0 amide bonds. The van der Waals surface area contributed by atoms with E-state index in [2.05, 4.69) is 11.8 Å². The Morgan fingerprint density at radius 2 is 1.50 bits per heavy atom. The molecule has 0 fully saturated rings. The topological polar surface area (TPSA) is 119 Å². The van der Waals surface area contributed by atoms with Crippen LogP contribution in [-0.4, -0.2) is 33.9 Å². The van der Waals surface area contributed by atoms with Crippen molar-refractivity contribution < 1.29 is 24.9 Å². The zero-order valence-electron chi connectivity index (χ0n) is 10.8. The first-order valence-electron chi connectivity index (χ1n) is 5.50. The molecule has 0 unspecified atom stereocenters. The van der Waals surface area contributed by atoms with Gasteiger partial charge in [0.25, 0.3) is 0 Å². The number of aliphatic hydroxyl groups is 1. The van der Waals surface area contributed by atoms with Gasteiger partial charge in [0.05, 0.1) is 16.7 Å². The molecule has 3 N–H and O–H groups in total. The highest BCUT2D eigenvalue weighted by molar-refractivity contribution is 6.05. The Hall–Kier alpha value is -2.83. The minimum atomic E-state index is -1.42. The number of aliphatic hydroxyl groups excluding tert-OH is 1. The number of carbonyl (C=O) groups is 2. The van der Waals surface area contributed by atoms with Crippen LogP contribution in [0.5, 0.6) is 0 Å². The highest BCUT2D eigenvalue weighted by atomic mass is 16.4. The Bertz CT molecular complexity index is 701. The summed E-state index contributed by atoms with van der Waals surface area (Å²) in [6.45, 7) is 2.29. The number of aromatic carboxylic acids is 2.